The molecular weight excluding hydrogens is 999 g/mol. The van der Waals surface area contributed by atoms with E-state index in [1.165, 1.54) is 95.6 Å². The maximum absolute atomic E-state index is 13.5. The standard InChI is InChI=1S/C25H24N8O7S2.C15H17N5O6S2/c1-11-7-16(35)15(8-26-11)20(36)27-17(12-3-5-14(34)6-4-12)21(37)28-18-22(38)33-19(24(39)40)13(9-41-23(18)33)10-42-25-29-30-31-32(25)2;1-25-3-6-4-27-13-9(12(22)20(13)10(6)14(23)24)18-11(21)8(19-26-2)7-5-28-15(16)17-7/h3-8,17-18,23,34H,9-10H2,1-2H3,(H,26,35)(H,27,36)(H,28,37)(H,39,40);5,9,13H,3-4H2,1-2H3,(H2,16,17)(H,18,21)(H,23,24)/b;19-8-/t17-,18-,23-;9-,13-/m11/s1. The normalized spacial score (nSPS) is 19.9. The summed E-state index contributed by atoms with van der Waals surface area (Å²) in [5.74, 6) is -5.32. The minimum Gasteiger partial charge on any atom is -0.508 e. The quantitative estimate of drug-likeness (QED) is 0.0311. The SMILES string of the molecule is COCC1=C(C(=O)O)N2C(=O)[C@@H](NC(=O)/C(=N\OC)c3csc(N)n3)[C@H]2SC1.Cc1cc(O)c(C(=O)N[C@@H](C(=O)N[C@@H]2C(=O)N3C(C(=O)O)=C(CSc4nnnn4C)CS[C@H]23)c2ccc(O)cc2)cn1. The van der Waals surface area contributed by atoms with Crippen molar-refractivity contribution >= 4 is 98.9 Å². The number of phenolic OH excluding ortho intramolecular Hbond substituents is 1. The number of carboxylic acid groups (broad SMARTS) is 2. The van der Waals surface area contributed by atoms with Gasteiger partial charge in [-0.05, 0) is 46.2 Å². The molecule has 0 spiro atoms. The third-order valence-corrected chi connectivity index (χ3v) is 15.0. The Morgan fingerprint density at radius 2 is 1.59 bits per heavy atom. The zero-order chi connectivity index (χ0) is 50.6. The van der Waals surface area contributed by atoms with E-state index in [2.05, 4.69) is 46.6 Å². The number of phenols is 1. The van der Waals surface area contributed by atoms with E-state index in [9.17, 15) is 54.0 Å². The van der Waals surface area contributed by atoms with Gasteiger partial charge in [0.15, 0.2) is 10.8 Å². The number of thioether (sulfide) groups is 3. The first-order valence-electron chi connectivity index (χ1n) is 20.3. The number of thiazole rings is 1. The van der Waals surface area contributed by atoms with E-state index in [1.807, 2.05) is 0 Å². The first-order valence-corrected chi connectivity index (χ1v) is 24.2. The topological polar surface area (TPSA) is 369 Å². The molecule has 5 amide bonds. The van der Waals surface area contributed by atoms with Crippen LogP contribution in [-0.2, 0) is 45.4 Å². The van der Waals surface area contributed by atoms with Gasteiger partial charge in [0.25, 0.3) is 23.6 Å². The van der Waals surface area contributed by atoms with Crippen molar-refractivity contribution in [3.63, 3.8) is 0 Å². The fourth-order valence-electron chi connectivity index (χ4n) is 7.29. The number of tetrazole rings is 1. The van der Waals surface area contributed by atoms with Crippen LogP contribution in [-0.4, -0.2) is 169 Å². The number of carboxylic acids is 2. The van der Waals surface area contributed by atoms with E-state index in [0.29, 0.717) is 39.1 Å². The van der Waals surface area contributed by atoms with Crippen LogP contribution in [0.25, 0.3) is 0 Å². The second-order valence-electron chi connectivity index (χ2n) is 15.1. The number of aliphatic carboxylic acids is 2. The van der Waals surface area contributed by atoms with Gasteiger partial charge in [-0.3, -0.25) is 38.8 Å². The summed E-state index contributed by atoms with van der Waals surface area (Å²) >= 11 is 5.01. The van der Waals surface area contributed by atoms with Gasteiger partial charge in [0, 0.05) is 54.8 Å². The lowest BCUT2D eigenvalue weighted by atomic mass is 10.0. The Bertz CT molecular complexity index is 2850. The number of carbonyl (C=O) groups is 7. The summed E-state index contributed by atoms with van der Waals surface area (Å²) in [6.45, 7) is 1.75. The summed E-state index contributed by atoms with van der Waals surface area (Å²) in [4.78, 5) is 104. The van der Waals surface area contributed by atoms with E-state index in [0.717, 1.165) is 16.2 Å². The van der Waals surface area contributed by atoms with Crippen molar-refractivity contribution in [2.45, 2.75) is 41.0 Å². The third-order valence-electron chi connectivity index (χ3n) is 10.5. The minimum atomic E-state index is -1.32. The Balaban J connectivity index is 0.000000224. The van der Waals surface area contributed by atoms with Crippen molar-refractivity contribution in [3.05, 3.63) is 87.0 Å². The number of nitrogens with one attached hydrogen (secondary N) is 3. The number of nitrogen functional groups attached to an aromatic ring is 1. The predicted octanol–water partition coefficient (Wildman–Crippen LogP) is -0.212. The van der Waals surface area contributed by atoms with Crippen LogP contribution in [0.5, 0.6) is 11.5 Å². The zero-order valence-electron chi connectivity index (χ0n) is 37.0. The number of aromatic hydroxyl groups is 2. The molecule has 5 atom stereocenters. The van der Waals surface area contributed by atoms with Gasteiger partial charge in [-0.2, -0.15) is 0 Å². The second kappa shape index (κ2) is 21.6. The number of anilines is 1. The van der Waals surface area contributed by atoms with Gasteiger partial charge >= 0.3 is 11.9 Å². The van der Waals surface area contributed by atoms with Crippen LogP contribution in [0, 0.1) is 6.92 Å². The van der Waals surface area contributed by atoms with Crippen LogP contribution in [0.15, 0.2) is 74.8 Å². The lowest BCUT2D eigenvalue weighted by Gasteiger charge is -2.49. The van der Waals surface area contributed by atoms with Crippen LogP contribution in [0.2, 0.25) is 0 Å². The number of benzene rings is 1. The summed E-state index contributed by atoms with van der Waals surface area (Å²) in [5.41, 5.74) is 7.06. The van der Waals surface area contributed by atoms with E-state index in [-0.39, 0.29) is 57.4 Å². The number of fused-ring (bicyclic) bond motifs is 2. The number of carbonyl (C=O) groups excluding carboxylic acids is 5. The van der Waals surface area contributed by atoms with Crippen molar-refractivity contribution < 1.29 is 63.6 Å². The fraction of sp³-hybridized carbons (Fsp3) is 0.325. The van der Waals surface area contributed by atoms with Crippen molar-refractivity contribution in [2.75, 3.05) is 43.8 Å². The highest BCUT2D eigenvalue weighted by Gasteiger charge is 2.56. The van der Waals surface area contributed by atoms with Gasteiger partial charge in [0.1, 0.15) is 64.6 Å². The highest BCUT2D eigenvalue weighted by atomic mass is 32.2. The number of methoxy groups -OCH3 is 1. The highest BCUT2D eigenvalue weighted by molar-refractivity contribution is 8.01. The van der Waals surface area contributed by atoms with Gasteiger partial charge in [0.05, 0.1) is 12.2 Å². The number of amides is 5. The summed E-state index contributed by atoms with van der Waals surface area (Å²) in [7, 11) is 4.38. The molecule has 0 saturated carbocycles. The van der Waals surface area contributed by atoms with E-state index in [1.54, 1.807) is 19.4 Å². The second-order valence-corrected chi connectivity index (χ2v) is 19.2. The number of nitrogens with zero attached hydrogens (tertiary/aromatic N) is 9. The van der Waals surface area contributed by atoms with E-state index >= 15 is 0 Å². The number of nitrogens with two attached hydrogens (primary N) is 1. The fourth-order valence-corrected chi connectivity index (χ4v) is 11.5. The largest absolute Gasteiger partial charge is 0.508 e. The number of pyridine rings is 1. The Morgan fingerprint density at radius 3 is 2.14 bits per heavy atom. The molecule has 4 aliphatic rings. The highest BCUT2D eigenvalue weighted by Crippen LogP contribution is 2.42. The van der Waals surface area contributed by atoms with Crippen LogP contribution in [0.1, 0.15) is 33.4 Å². The first-order chi connectivity index (χ1) is 33.4. The van der Waals surface area contributed by atoms with Crippen LogP contribution < -0.4 is 21.7 Å². The van der Waals surface area contributed by atoms with Gasteiger partial charge < -0.3 is 51.7 Å². The Kier molecular flexibility index (Phi) is 15.6. The first kappa shape index (κ1) is 50.6. The molecule has 0 aliphatic carbocycles. The number of β-lactam (4-membered cyclic amide) rings is 2. The molecule has 8 rings (SSSR count). The molecule has 4 aliphatic heterocycles. The Labute approximate surface area is 412 Å². The lowest BCUT2D eigenvalue weighted by molar-refractivity contribution is -0.151. The lowest BCUT2D eigenvalue weighted by Crippen LogP contribution is -2.71. The van der Waals surface area contributed by atoms with E-state index in [4.69, 9.17) is 15.3 Å². The Hall–Kier alpha value is -7.28. The van der Waals surface area contributed by atoms with Crippen molar-refractivity contribution in [3.8, 4) is 11.5 Å². The maximum atomic E-state index is 13.5. The van der Waals surface area contributed by atoms with Gasteiger partial charge in [0.2, 0.25) is 11.1 Å². The maximum Gasteiger partial charge on any atom is 0.352 e. The van der Waals surface area contributed by atoms with Gasteiger partial charge in [-0.25, -0.2) is 19.3 Å². The van der Waals surface area contributed by atoms with Crippen LogP contribution in [0.3, 0.4) is 0 Å². The number of ether oxygens (including phenoxy) is 1. The molecule has 1 aromatic carbocycles. The summed E-state index contributed by atoms with van der Waals surface area (Å²) < 4.78 is 6.47. The number of aryl methyl sites for hydroxylation is 2. The number of hydrogen-bond acceptors (Lipinski definition) is 22. The van der Waals surface area contributed by atoms with Gasteiger partial charge in [-0.1, -0.05) is 29.1 Å². The van der Waals surface area contributed by atoms with E-state index < -0.39 is 70.3 Å². The molecule has 0 unspecified atom stereocenters. The van der Waals surface area contributed by atoms with Crippen molar-refractivity contribution in [1.82, 2.24) is 55.9 Å². The molecule has 4 aromatic rings. The molecule has 26 nitrogen and oxygen atoms in total. The smallest absolute Gasteiger partial charge is 0.352 e. The molecule has 0 bridgehead atoms. The predicted molar refractivity (Wildman–Crippen MR) is 250 cm³/mol. The average Bonchev–Trinajstić information content (AvgIpc) is 3.96. The molecule has 368 valence electrons. The number of hydrogen-bond donors (Lipinski definition) is 8. The molecule has 2 saturated heterocycles. The summed E-state index contributed by atoms with van der Waals surface area (Å²) in [5, 5.41) is 63.0. The molecule has 0 radical (unpaired) electrons. The average molecular weight is 1040 g/mol. The molecule has 9 N–H and O–H groups in total. The Morgan fingerprint density at radius 1 is 0.957 bits per heavy atom. The molecule has 2 fully saturated rings. The number of aromatic nitrogens is 6. The van der Waals surface area contributed by atoms with Crippen LogP contribution >= 0.6 is 46.6 Å². The molecule has 70 heavy (non-hydrogen) atoms. The summed E-state index contributed by atoms with van der Waals surface area (Å²) in [6, 6.07) is 3.56. The van der Waals surface area contributed by atoms with Crippen molar-refractivity contribution in [2.24, 2.45) is 12.2 Å². The minimum absolute atomic E-state index is 0.0644. The monoisotopic (exact) mass is 1040 g/mol. The zero-order valence-corrected chi connectivity index (χ0v) is 40.2. The van der Waals surface area contributed by atoms with Gasteiger partial charge in [-0.15, -0.1) is 40.0 Å². The van der Waals surface area contributed by atoms with Crippen molar-refractivity contribution in [1.29, 1.82) is 0 Å². The molecule has 30 heteroatoms. The number of oxime groups is 1. The number of rotatable bonds is 16. The van der Waals surface area contributed by atoms with Crippen LogP contribution in [0.4, 0.5) is 5.13 Å². The molecule has 3 aromatic heterocycles. The molecule has 7 heterocycles. The molecular formula is C40H41N13O13S4. The third kappa shape index (κ3) is 10.5. The summed E-state index contributed by atoms with van der Waals surface area (Å²) in [6.07, 6.45) is 1.17.